The number of hydrogen-bond donors (Lipinski definition) is 5. The van der Waals surface area contributed by atoms with Crippen molar-refractivity contribution in [3.8, 4) is 17.2 Å². The van der Waals surface area contributed by atoms with Gasteiger partial charge in [-0.05, 0) is 19.9 Å². The smallest absolute Gasteiger partial charge is 0.202 e. The molecule has 5 rings (SSSR count). The van der Waals surface area contributed by atoms with Crippen molar-refractivity contribution in [2.75, 3.05) is 6.07 Å². The molecular formula is C27H28ClNO10. The number of carbonyl (C=O) groups excluding carboxylic acids is 3. The monoisotopic (exact) mass is 561 g/mol. The summed E-state index contributed by atoms with van der Waals surface area (Å²) >= 11 is 5.70. The molecule has 0 bridgehead atoms. The summed E-state index contributed by atoms with van der Waals surface area (Å²) in [6.07, 6.45) is -4.63. The Kier molecular flexibility index (Phi) is 6.94. The average molecular weight is 562 g/mol. The van der Waals surface area contributed by atoms with Crippen LogP contribution >= 0.6 is 11.6 Å². The van der Waals surface area contributed by atoms with Crippen molar-refractivity contribution >= 4 is 29.0 Å². The van der Waals surface area contributed by atoms with Crippen molar-refractivity contribution in [1.29, 1.82) is 0 Å². The van der Waals surface area contributed by atoms with Gasteiger partial charge >= 0.3 is 0 Å². The molecule has 3 aliphatic rings. The molecule has 0 amide bonds. The topological polar surface area (TPSA) is 186 Å². The molecule has 11 nitrogen and oxygen atoms in total. The average Bonchev–Trinajstić information content (AvgIpc) is 2.87. The fraction of sp³-hybridized carbons (Fsp3) is 0.444. The largest absolute Gasteiger partial charge is 0.507 e. The normalized spacial score (nSPS) is 29.8. The van der Waals surface area contributed by atoms with Crippen molar-refractivity contribution in [2.45, 2.75) is 69.4 Å². The molecular weight excluding hydrogens is 534 g/mol. The molecule has 2 aromatic carbocycles. The minimum Gasteiger partial charge on any atom is -0.507 e. The van der Waals surface area contributed by atoms with Crippen LogP contribution in [-0.2, 0) is 20.7 Å². The van der Waals surface area contributed by atoms with Crippen LogP contribution in [-0.4, -0.2) is 74.0 Å². The third-order valence-corrected chi connectivity index (χ3v) is 7.90. The number of phenolic OH excluding ortho intramolecular Hbond substituents is 2. The number of aliphatic hydroxyl groups is 2. The Morgan fingerprint density at radius 2 is 1.87 bits per heavy atom. The van der Waals surface area contributed by atoms with Gasteiger partial charge in [-0.25, -0.2) is 0 Å². The molecule has 4 unspecified atom stereocenters. The Labute approximate surface area is 228 Å². The van der Waals surface area contributed by atoms with Gasteiger partial charge in [0, 0.05) is 42.0 Å². The first-order chi connectivity index (χ1) is 18.4. The van der Waals surface area contributed by atoms with Gasteiger partial charge in [-0.15, -0.1) is 0 Å². The van der Waals surface area contributed by atoms with Crippen molar-refractivity contribution in [3.63, 3.8) is 0 Å². The van der Waals surface area contributed by atoms with Crippen LogP contribution in [0.1, 0.15) is 75.8 Å². The van der Waals surface area contributed by atoms with Gasteiger partial charge in [0.05, 0.1) is 35.0 Å². The number of ether oxygens (including phenoxy) is 3. The molecule has 1 saturated heterocycles. The van der Waals surface area contributed by atoms with Gasteiger partial charge in [-0.1, -0.05) is 23.7 Å². The minimum absolute atomic E-state index is 0.0269. The maximum absolute atomic E-state index is 13.7. The Bertz CT molecular complexity index is 1380. The summed E-state index contributed by atoms with van der Waals surface area (Å²) in [5.74, 6) is -3.42. The van der Waals surface area contributed by atoms with E-state index in [4.69, 9.17) is 31.5 Å². The summed E-state index contributed by atoms with van der Waals surface area (Å²) in [7, 11) is 0. The zero-order valence-electron chi connectivity index (χ0n) is 21.1. The van der Waals surface area contributed by atoms with E-state index >= 15 is 0 Å². The van der Waals surface area contributed by atoms with E-state index in [1.807, 2.05) is 0 Å². The number of aliphatic hydroxyl groups excluding tert-OH is 1. The first-order valence-electron chi connectivity index (χ1n) is 12.4. The van der Waals surface area contributed by atoms with E-state index in [-0.39, 0.29) is 46.9 Å². The van der Waals surface area contributed by atoms with Gasteiger partial charge in [0.25, 0.3) is 0 Å². The van der Waals surface area contributed by atoms with Crippen LogP contribution in [0.4, 0.5) is 0 Å². The zero-order valence-corrected chi connectivity index (χ0v) is 21.9. The minimum atomic E-state index is -2.02. The second kappa shape index (κ2) is 9.84. The molecule has 208 valence electrons. The van der Waals surface area contributed by atoms with Gasteiger partial charge < -0.3 is 40.4 Å². The van der Waals surface area contributed by atoms with Gasteiger partial charge in [-0.2, -0.15) is 0 Å². The number of rotatable bonds is 5. The third-order valence-electron chi connectivity index (χ3n) is 7.79. The van der Waals surface area contributed by atoms with Gasteiger partial charge in [-0.3, -0.25) is 14.4 Å². The molecule has 39 heavy (non-hydrogen) atoms. The lowest BCUT2D eigenvalue weighted by Gasteiger charge is -2.42. The maximum atomic E-state index is 13.7. The van der Waals surface area contributed by atoms with Crippen LogP contribution in [0.3, 0.4) is 0 Å². The molecule has 6 N–H and O–H groups in total. The van der Waals surface area contributed by atoms with Crippen LogP contribution in [0, 0.1) is 0 Å². The van der Waals surface area contributed by atoms with E-state index in [2.05, 4.69) is 0 Å². The fourth-order valence-corrected chi connectivity index (χ4v) is 5.79. The summed E-state index contributed by atoms with van der Waals surface area (Å²) in [6, 6.07) is 3.31. The van der Waals surface area contributed by atoms with E-state index in [9.17, 15) is 34.8 Å². The molecule has 0 saturated carbocycles. The molecule has 0 spiro atoms. The predicted molar refractivity (Wildman–Crippen MR) is 135 cm³/mol. The molecule has 12 heteroatoms. The van der Waals surface area contributed by atoms with Crippen molar-refractivity contribution < 1.29 is 49.0 Å². The number of nitrogens with two attached hydrogens (primary N) is 1. The molecule has 1 heterocycles. The van der Waals surface area contributed by atoms with Gasteiger partial charge in [0.1, 0.15) is 22.8 Å². The molecule has 0 aromatic heterocycles. The number of fused-ring (bicyclic) bond motifs is 3. The van der Waals surface area contributed by atoms with Gasteiger partial charge in [0.2, 0.25) is 5.78 Å². The number of aromatic hydroxyl groups is 2. The maximum Gasteiger partial charge on any atom is 0.202 e. The lowest BCUT2D eigenvalue weighted by molar-refractivity contribution is -0.247. The quantitative estimate of drug-likeness (QED) is 0.225. The van der Waals surface area contributed by atoms with E-state index in [0.29, 0.717) is 0 Å². The number of Topliss-reactive ketones (excluding diaryl/α,β-unsaturated/α-hetero) is 1. The number of benzene rings is 2. The molecule has 1 fully saturated rings. The second-order valence-corrected chi connectivity index (χ2v) is 10.4. The summed E-state index contributed by atoms with van der Waals surface area (Å²) in [4.78, 5) is 39.7. The van der Waals surface area contributed by atoms with Crippen molar-refractivity contribution in [2.24, 2.45) is 5.73 Å². The van der Waals surface area contributed by atoms with E-state index in [1.165, 1.54) is 25.1 Å². The first kappa shape index (κ1) is 27.5. The molecule has 1 aliphatic heterocycles. The van der Waals surface area contributed by atoms with E-state index in [1.54, 1.807) is 6.92 Å². The van der Waals surface area contributed by atoms with Gasteiger partial charge in [0.15, 0.2) is 23.9 Å². The lowest BCUT2D eigenvalue weighted by Crippen LogP contribution is -2.52. The summed E-state index contributed by atoms with van der Waals surface area (Å²) in [5.41, 5.74) is 2.74. The molecule has 2 aliphatic carbocycles. The summed E-state index contributed by atoms with van der Waals surface area (Å²) < 4.78 is 17.1. The van der Waals surface area contributed by atoms with Crippen LogP contribution < -0.4 is 10.5 Å². The van der Waals surface area contributed by atoms with E-state index < -0.39 is 82.6 Å². The SMILES string of the molecule is CC(=O)[C@]1(O)Cc2c(O)c3c(c(O)c2[C@@H](OC2CC(N)C(O)C(C)O2)C1)C(=O)c1c(OCCl)cccc1C3=O. The molecule has 6 atom stereocenters. The standard InChI is InChI=1S/C27H28ClNO10/c1-10-22(31)14(29)6-17(38-10)39-16-8-27(36,11(2)30)7-13-19(16)26(35)21-20(24(13)33)23(32)12-4-3-5-15(37-9-28)18(12)25(21)34/h3-5,10,14,16-17,22,31,33,35-36H,6-9,29H2,1-2H3/t10?,14?,16-,17?,22?,27-/m0/s1. The Hall–Kier alpha value is -3.06. The highest BCUT2D eigenvalue weighted by atomic mass is 35.5. The van der Waals surface area contributed by atoms with Crippen LogP contribution in [0.2, 0.25) is 0 Å². The number of carbonyl (C=O) groups is 3. The highest BCUT2D eigenvalue weighted by molar-refractivity contribution is 6.31. The number of halogens is 1. The van der Waals surface area contributed by atoms with Crippen molar-refractivity contribution in [1.82, 2.24) is 0 Å². The summed E-state index contributed by atoms with van der Waals surface area (Å²) in [6.45, 7) is 2.77. The zero-order chi connectivity index (χ0) is 28.4. The summed E-state index contributed by atoms with van der Waals surface area (Å²) in [5, 5.41) is 44.2. The third kappa shape index (κ3) is 4.30. The lowest BCUT2D eigenvalue weighted by atomic mass is 9.72. The Balaban J connectivity index is 1.68. The highest BCUT2D eigenvalue weighted by Crippen LogP contribution is 2.52. The fourth-order valence-electron chi connectivity index (χ4n) is 5.67. The van der Waals surface area contributed by atoms with Crippen LogP contribution in [0.5, 0.6) is 17.2 Å². The number of hydrogen-bond acceptors (Lipinski definition) is 11. The Morgan fingerprint density at radius 1 is 1.18 bits per heavy atom. The Morgan fingerprint density at radius 3 is 2.51 bits per heavy atom. The predicted octanol–water partition coefficient (Wildman–Crippen LogP) is 1.60. The highest BCUT2D eigenvalue weighted by Gasteiger charge is 2.49. The van der Waals surface area contributed by atoms with Crippen LogP contribution in [0.25, 0.3) is 0 Å². The number of ketones is 3. The molecule has 0 radical (unpaired) electrons. The first-order valence-corrected chi connectivity index (χ1v) is 12.9. The van der Waals surface area contributed by atoms with Crippen LogP contribution in [0.15, 0.2) is 18.2 Å². The van der Waals surface area contributed by atoms with E-state index in [0.717, 1.165) is 0 Å². The number of phenols is 2. The van der Waals surface area contributed by atoms with Crippen molar-refractivity contribution in [3.05, 3.63) is 51.6 Å². The number of alkyl halides is 1. The molecule has 2 aromatic rings. The second-order valence-electron chi connectivity index (χ2n) is 10.2.